The number of benzene rings is 2. The third-order valence-corrected chi connectivity index (χ3v) is 5.65. The highest BCUT2D eigenvalue weighted by Gasteiger charge is 2.43. The summed E-state index contributed by atoms with van der Waals surface area (Å²) in [7, 11) is 0. The molecule has 2 nitrogen and oxygen atoms in total. The van der Waals surface area contributed by atoms with E-state index in [1.165, 1.54) is 30.0 Å². The molecule has 0 N–H and O–H groups in total. The molecule has 2 fully saturated rings. The summed E-state index contributed by atoms with van der Waals surface area (Å²) in [6.07, 6.45) is 5.99. The van der Waals surface area contributed by atoms with Crippen LogP contribution in [0, 0.1) is 0 Å². The fourth-order valence-corrected chi connectivity index (χ4v) is 4.07. The van der Waals surface area contributed by atoms with Crippen molar-refractivity contribution in [1.82, 2.24) is 0 Å². The molecule has 1 aliphatic heterocycles. The fraction of sp³-hybridized carbons (Fsp3) is 0.444. The van der Waals surface area contributed by atoms with Crippen LogP contribution in [0.2, 0.25) is 0 Å². The molecule has 1 aliphatic carbocycles. The summed E-state index contributed by atoms with van der Waals surface area (Å²) in [5, 5.41) is 2.44. The van der Waals surface area contributed by atoms with Gasteiger partial charge in [-0.3, -0.25) is 0 Å². The largest absolute Gasteiger partial charge is 0.489 e. The van der Waals surface area contributed by atoms with Gasteiger partial charge in [0, 0.05) is 12.8 Å². The zero-order chi connectivity index (χ0) is 14.3. The van der Waals surface area contributed by atoms with Gasteiger partial charge in [0.15, 0.2) is 0 Å². The summed E-state index contributed by atoms with van der Waals surface area (Å²) in [5.74, 6) is 0.954. The topological polar surface area (TPSA) is 18.5 Å². The number of halogens is 1. The van der Waals surface area contributed by atoms with Crippen LogP contribution in [0.1, 0.15) is 32.1 Å². The lowest BCUT2D eigenvalue weighted by atomic mass is 9.74. The third-order valence-electron chi connectivity index (χ3n) is 4.83. The Balaban J connectivity index is 1.58. The number of hydrogen-bond donors (Lipinski definition) is 0. The molecule has 2 aliphatic rings. The Morgan fingerprint density at radius 1 is 1.14 bits per heavy atom. The van der Waals surface area contributed by atoms with Crippen molar-refractivity contribution in [2.45, 2.75) is 43.8 Å². The lowest BCUT2D eigenvalue weighted by Gasteiger charge is -2.46. The zero-order valence-corrected chi connectivity index (χ0v) is 13.6. The maximum absolute atomic E-state index is 6.30. The summed E-state index contributed by atoms with van der Waals surface area (Å²) in [4.78, 5) is 0. The van der Waals surface area contributed by atoms with E-state index >= 15 is 0 Å². The molecule has 4 rings (SSSR count). The summed E-state index contributed by atoms with van der Waals surface area (Å²) in [6.45, 7) is 0.829. The van der Waals surface area contributed by atoms with E-state index in [2.05, 4.69) is 52.3 Å². The van der Waals surface area contributed by atoms with Gasteiger partial charge in [-0.15, -0.1) is 0 Å². The molecule has 0 amide bonds. The van der Waals surface area contributed by atoms with Gasteiger partial charge in [-0.2, -0.15) is 0 Å². The van der Waals surface area contributed by atoms with E-state index in [1.54, 1.807) is 0 Å². The maximum atomic E-state index is 6.30. The molecular formula is C18H19BrO2. The molecule has 3 heteroatoms. The Bertz CT molecular complexity index is 663. The first-order valence-corrected chi connectivity index (χ1v) is 8.53. The van der Waals surface area contributed by atoms with Crippen molar-refractivity contribution < 1.29 is 9.47 Å². The van der Waals surface area contributed by atoms with Gasteiger partial charge in [-0.25, -0.2) is 0 Å². The predicted octanol–water partition coefficient (Wildman–Crippen LogP) is 5.08. The van der Waals surface area contributed by atoms with Gasteiger partial charge in [-0.1, -0.05) is 30.3 Å². The first-order chi connectivity index (χ1) is 10.3. The highest BCUT2D eigenvalue weighted by molar-refractivity contribution is 9.10. The molecule has 2 aromatic rings. The summed E-state index contributed by atoms with van der Waals surface area (Å²) < 4.78 is 13.3. The molecule has 0 aromatic heterocycles. The van der Waals surface area contributed by atoms with Crippen LogP contribution in [0.15, 0.2) is 40.9 Å². The lowest BCUT2D eigenvalue weighted by molar-refractivity contribution is -0.153. The minimum absolute atomic E-state index is 0.131. The van der Waals surface area contributed by atoms with Crippen LogP contribution < -0.4 is 4.74 Å². The van der Waals surface area contributed by atoms with E-state index in [4.69, 9.17) is 9.47 Å². The first kappa shape index (κ1) is 13.6. The Hall–Kier alpha value is -1.06. The Labute approximate surface area is 133 Å². The van der Waals surface area contributed by atoms with Crippen LogP contribution in [0.3, 0.4) is 0 Å². The van der Waals surface area contributed by atoms with Crippen molar-refractivity contribution >= 4 is 26.7 Å². The number of hydrogen-bond acceptors (Lipinski definition) is 2. The maximum Gasteiger partial charge on any atom is 0.134 e. The van der Waals surface area contributed by atoms with Crippen molar-refractivity contribution in [3.8, 4) is 5.75 Å². The molecule has 0 bridgehead atoms. The highest BCUT2D eigenvalue weighted by atomic mass is 79.9. The number of ether oxygens (including phenoxy) is 2. The van der Waals surface area contributed by atoms with Crippen LogP contribution in [-0.4, -0.2) is 18.3 Å². The van der Waals surface area contributed by atoms with Gasteiger partial charge >= 0.3 is 0 Å². The SMILES string of the molecule is Brc1c(OC2CCOC3(CCC3)C2)ccc2ccccc12. The number of rotatable bonds is 2. The average molecular weight is 347 g/mol. The monoisotopic (exact) mass is 346 g/mol. The minimum atomic E-state index is 0.131. The van der Waals surface area contributed by atoms with Crippen LogP contribution in [0.4, 0.5) is 0 Å². The van der Waals surface area contributed by atoms with Crippen molar-refractivity contribution in [3.05, 3.63) is 40.9 Å². The minimum Gasteiger partial charge on any atom is -0.489 e. The van der Waals surface area contributed by atoms with Crippen LogP contribution >= 0.6 is 15.9 Å². The van der Waals surface area contributed by atoms with Crippen LogP contribution in [0.25, 0.3) is 10.8 Å². The molecule has 110 valence electrons. The van der Waals surface area contributed by atoms with Crippen LogP contribution in [0.5, 0.6) is 5.75 Å². The predicted molar refractivity (Wildman–Crippen MR) is 87.8 cm³/mol. The molecule has 1 heterocycles. The summed E-state index contributed by atoms with van der Waals surface area (Å²) >= 11 is 3.71. The van der Waals surface area contributed by atoms with Crippen molar-refractivity contribution in [2.24, 2.45) is 0 Å². The Morgan fingerprint density at radius 2 is 2.00 bits per heavy atom. The second-order valence-corrected chi connectivity index (χ2v) is 7.01. The van der Waals surface area contributed by atoms with Crippen LogP contribution in [-0.2, 0) is 4.74 Å². The van der Waals surface area contributed by atoms with E-state index in [0.717, 1.165) is 29.7 Å². The molecule has 1 spiro atoms. The van der Waals surface area contributed by atoms with Crippen molar-refractivity contribution in [2.75, 3.05) is 6.61 Å². The van der Waals surface area contributed by atoms with Gasteiger partial charge in [0.2, 0.25) is 0 Å². The van der Waals surface area contributed by atoms with Gasteiger partial charge in [0.25, 0.3) is 0 Å². The molecule has 1 saturated carbocycles. The lowest BCUT2D eigenvalue weighted by Crippen LogP contribution is -2.48. The van der Waals surface area contributed by atoms with Crippen molar-refractivity contribution in [1.29, 1.82) is 0 Å². The van der Waals surface area contributed by atoms with E-state index in [-0.39, 0.29) is 11.7 Å². The highest BCUT2D eigenvalue weighted by Crippen LogP contribution is 2.44. The van der Waals surface area contributed by atoms with E-state index < -0.39 is 0 Å². The quantitative estimate of drug-likeness (QED) is 0.754. The third kappa shape index (κ3) is 2.47. The molecular weight excluding hydrogens is 328 g/mol. The van der Waals surface area contributed by atoms with Crippen molar-refractivity contribution in [3.63, 3.8) is 0 Å². The van der Waals surface area contributed by atoms with Gasteiger partial charge < -0.3 is 9.47 Å². The summed E-state index contributed by atoms with van der Waals surface area (Å²) in [6, 6.07) is 12.6. The van der Waals surface area contributed by atoms with E-state index in [9.17, 15) is 0 Å². The van der Waals surface area contributed by atoms with E-state index in [0.29, 0.717) is 0 Å². The van der Waals surface area contributed by atoms with Gasteiger partial charge in [-0.05, 0) is 52.0 Å². The zero-order valence-electron chi connectivity index (χ0n) is 12.0. The molecule has 1 saturated heterocycles. The number of fused-ring (bicyclic) bond motifs is 1. The average Bonchev–Trinajstić information content (AvgIpc) is 2.49. The second kappa shape index (κ2) is 5.29. The first-order valence-electron chi connectivity index (χ1n) is 7.74. The standard InChI is InChI=1S/C18H19BrO2/c19-17-15-5-2-1-4-13(15)6-7-16(17)21-14-8-11-20-18(12-14)9-3-10-18/h1-2,4-7,14H,3,8-12H2. The second-order valence-electron chi connectivity index (χ2n) is 6.22. The normalized spacial score (nSPS) is 24.0. The summed E-state index contributed by atoms with van der Waals surface area (Å²) in [5.41, 5.74) is 0.131. The molecule has 0 radical (unpaired) electrons. The molecule has 1 atom stereocenters. The smallest absolute Gasteiger partial charge is 0.134 e. The van der Waals surface area contributed by atoms with E-state index in [1.807, 2.05) is 0 Å². The molecule has 2 aromatic carbocycles. The Morgan fingerprint density at radius 3 is 2.81 bits per heavy atom. The fourth-order valence-electron chi connectivity index (χ4n) is 3.49. The Kier molecular flexibility index (Phi) is 3.43. The molecule has 1 unspecified atom stereocenters. The van der Waals surface area contributed by atoms with Gasteiger partial charge in [0.1, 0.15) is 11.9 Å². The van der Waals surface area contributed by atoms with Gasteiger partial charge in [0.05, 0.1) is 16.7 Å². The molecule has 21 heavy (non-hydrogen) atoms.